The van der Waals surface area contributed by atoms with Crippen LogP contribution in [-0.4, -0.2) is 4.92 Å². The zero-order valence-corrected chi connectivity index (χ0v) is 10.6. The van der Waals surface area contributed by atoms with Crippen molar-refractivity contribution in [3.05, 3.63) is 75.8 Å². The van der Waals surface area contributed by atoms with E-state index in [0.29, 0.717) is 0 Å². The van der Waals surface area contributed by atoms with Crippen LogP contribution in [0.1, 0.15) is 11.1 Å². The smallest absolute Gasteiger partial charge is 0.258 e. The van der Waals surface area contributed by atoms with Gasteiger partial charge in [-0.25, -0.2) is 0 Å². The van der Waals surface area contributed by atoms with Crippen molar-refractivity contribution < 1.29 is 4.92 Å². The van der Waals surface area contributed by atoms with Gasteiger partial charge in [-0.3, -0.25) is 10.1 Å². The molecule has 0 N–H and O–H groups in total. The Morgan fingerprint density at radius 3 is 2.33 bits per heavy atom. The summed E-state index contributed by atoms with van der Waals surface area (Å²) in [5.74, 6) is 1.71. The molecular weight excluding hydrogens is 246 g/mol. The molecule has 0 atom stereocenters. The molecule has 18 heavy (non-hydrogen) atoms. The molecule has 2 aromatic rings. The minimum absolute atomic E-state index is 0.160. The maximum absolute atomic E-state index is 10.6. The average Bonchev–Trinajstić information content (AvgIpc) is 2.40. The van der Waals surface area contributed by atoms with Gasteiger partial charge in [0.25, 0.3) is 5.69 Å². The van der Waals surface area contributed by atoms with Crippen molar-refractivity contribution in [1.29, 1.82) is 0 Å². The molecule has 0 amide bonds. The fourth-order valence-corrected chi connectivity index (χ4v) is 2.57. The third-order valence-electron chi connectivity index (χ3n) is 2.50. The first-order chi connectivity index (χ1) is 8.75. The molecule has 0 fully saturated rings. The highest BCUT2D eigenvalue weighted by molar-refractivity contribution is 7.97. The minimum Gasteiger partial charge on any atom is -0.258 e. The Hall–Kier alpha value is -1.81. The van der Waals surface area contributed by atoms with Crippen molar-refractivity contribution in [2.75, 3.05) is 0 Å². The van der Waals surface area contributed by atoms with Gasteiger partial charge in [-0.2, -0.15) is 11.8 Å². The van der Waals surface area contributed by atoms with Gasteiger partial charge in [-0.1, -0.05) is 42.5 Å². The number of rotatable bonds is 5. The summed E-state index contributed by atoms with van der Waals surface area (Å²) in [6.45, 7) is 0. The second kappa shape index (κ2) is 6.21. The van der Waals surface area contributed by atoms with Crippen LogP contribution < -0.4 is 0 Å². The molecule has 0 saturated carbocycles. The van der Waals surface area contributed by atoms with Gasteiger partial charge in [0.1, 0.15) is 0 Å². The van der Waals surface area contributed by atoms with Gasteiger partial charge < -0.3 is 0 Å². The van der Waals surface area contributed by atoms with Crippen molar-refractivity contribution in [1.82, 2.24) is 0 Å². The molecule has 0 unspecified atom stereocenters. The third-order valence-corrected chi connectivity index (χ3v) is 3.58. The predicted molar refractivity (Wildman–Crippen MR) is 74.5 cm³/mol. The lowest BCUT2D eigenvalue weighted by molar-refractivity contribution is -0.384. The van der Waals surface area contributed by atoms with E-state index in [2.05, 4.69) is 12.1 Å². The molecule has 0 aliphatic carbocycles. The SMILES string of the molecule is O=[N+]([O-])c1cccc(CSCc2ccccc2)c1. The summed E-state index contributed by atoms with van der Waals surface area (Å²) in [7, 11) is 0. The number of hydrogen-bond donors (Lipinski definition) is 0. The summed E-state index contributed by atoms with van der Waals surface area (Å²) in [6, 6.07) is 17.0. The largest absolute Gasteiger partial charge is 0.269 e. The molecule has 4 heteroatoms. The maximum Gasteiger partial charge on any atom is 0.269 e. The molecule has 0 bridgehead atoms. The Bertz CT molecular complexity index is 528. The number of hydrogen-bond acceptors (Lipinski definition) is 3. The van der Waals surface area contributed by atoms with E-state index in [1.54, 1.807) is 23.9 Å². The van der Waals surface area contributed by atoms with Gasteiger partial charge in [-0.15, -0.1) is 0 Å². The second-order valence-corrected chi connectivity index (χ2v) is 4.89. The number of non-ortho nitro benzene ring substituents is 1. The van der Waals surface area contributed by atoms with E-state index in [4.69, 9.17) is 0 Å². The molecule has 0 saturated heterocycles. The Labute approximate surface area is 110 Å². The molecule has 0 radical (unpaired) electrons. The summed E-state index contributed by atoms with van der Waals surface area (Å²) in [6.07, 6.45) is 0. The quantitative estimate of drug-likeness (QED) is 0.601. The van der Waals surface area contributed by atoms with Crippen molar-refractivity contribution in [2.45, 2.75) is 11.5 Å². The molecule has 0 aliphatic rings. The molecule has 2 rings (SSSR count). The molecular formula is C14H13NO2S. The topological polar surface area (TPSA) is 43.1 Å². The summed E-state index contributed by atoms with van der Waals surface area (Å²) < 4.78 is 0. The Balaban J connectivity index is 1.90. The predicted octanol–water partition coefficient (Wildman–Crippen LogP) is 4.03. The van der Waals surface area contributed by atoms with Crippen LogP contribution >= 0.6 is 11.8 Å². The zero-order valence-electron chi connectivity index (χ0n) is 9.78. The Morgan fingerprint density at radius 1 is 0.944 bits per heavy atom. The van der Waals surface area contributed by atoms with Crippen molar-refractivity contribution in [3.63, 3.8) is 0 Å². The van der Waals surface area contributed by atoms with Gasteiger partial charge in [-0.05, 0) is 11.1 Å². The number of nitrogens with zero attached hydrogens (tertiary/aromatic N) is 1. The number of nitro benzene ring substituents is 1. The summed E-state index contributed by atoms with van der Waals surface area (Å²) in [4.78, 5) is 10.3. The maximum atomic E-state index is 10.6. The van der Waals surface area contributed by atoms with Gasteiger partial charge in [0, 0.05) is 23.6 Å². The van der Waals surface area contributed by atoms with E-state index < -0.39 is 0 Å². The molecule has 0 aliphatic heterocycles. The summed E-state index contributed by atoms with van der Waals surface area (Å²) in [5.41, 5.74) is 2.42. The highest BCUT2D eigenvalue weighted by Gasteiger charge is 2.05. The van der Waals surface area contributed by atoms with Crippen LogP contribution in [0.5, 0.6) is 0 Å². The highest BCUT2D eigenvalue weighted by atomic mass is 32.2. The fourth-order valence-electron chi connectivity index (χ4n) is 1.62. The van der Waals surface area contributed by atoms with Gasteiger partial charge in [0.15, 0.2) is 0 Å². The minimum atomic E-state index is -0.356. The number of thioether (sulfide) groups is 1. The van der Waals surface area contributed by atoms with Crippen LogP contribution in [0, 0.1) is 10.1 Å². The van der Waals surface area contributed by atoms with Crippen LogP contribution in [0.2, 0.25) is 0 Å². The first-order valence-electron chi connectivity index (χ1n) is 5.61. The summed E-state index contributed by atoms with van der Waals surface area (Å²) >= 11 is 1.76. The number of benzene rings is 2. The Kier molecular flexibility index (Phi) is 4.36. The van der Waals surface area contributed by atoms with Crippen molar-refractivity contribution in [2.24, 2.45) is 0 Å². The summed E-state index contributed by atoms with van der Waals surface area (Å²) in [5, 5.41) is 10.6. The van der Waals surface area contributed by atoms with E-state index in [1.807, 2.05) is 24.3 Å². The molecule has 3 nitrogen and oxygen atoms in total. The van der Waals surface area contributed by atoms with Crippen LogP contribution in [0.15, 0.2) is 54.6 Å². The van der Waals surface area contributed by atoms with E-state index in [-0.39, 0.29) is 10.6 Å². The van der Waals surface area contributed by atoms with Gasteiger partial charge >= 0.3 is 0 Å². The van der Waals surface area contributed by atoms with Crippen molar-refractivity contribution >= 4 is 17.4 Å². The van der Waals surface area contributed by atoms with E-state index in [1.165, 1.54) is 11.6 Å². The third kappa shape index (κ3) is 3.60. The Morgan fingerprint density at radius 2 is 1.61 bits per heavy atom. The first kappa shape index (κ1) is 12.6. The molecule has 0 heterocycles. The van der Waals surface area contributed by atoms with E-state index >= 15 is 0 Å². The molecule has 2 aromatic carbocycles. The zero-order chi connectivity index (χ0) is 12.8. The molecule has 0 aromatic heterocycles. The lowest BCUT2D eigenvalue weighted by Crippen LogP contribution is -1.89. The first-order valence-corrected chi connectivity index (χ1v) is 6.76. The standard InChI is InChI=1S/C14H13NO2S/c16-15(17)14-8-4-7-13(9-14)11-18-10-12-5-2-1-3-6-12/h1-9H,10-11H2. The van der Waals surface area contributed by atoms with Crippen molar-refractivity contribution in [3.8, 4) is 0 Å². The average molecular weight is 259 g/mol. The van der Waals surface area contributed by atoms with E-state index in [0.717, 1.165) is 17.1 Å². The van der Waals surface area contributed by atoms with Gasteiger partial charge in [0.05, 0.1) is 4.92 Å². The van der Waals surface area contributed by atoms with E-state index in [9.17, 15) is 10.1 Å². The fraction of sp³-hybridized carbons (Fsp3) is 0.143. The van der Waals surface area contributed by atoms with Crippen LogP contribution in [0.3, 0.4) is 0 Å². The lowest BCUT2D eigenvalue weighted by atomic mass is 10.2. The lowest BCUT2D eigenvalue weighted by Gasteiger charge is -2.02. The van der Waals surface area contributed by atoms with Gasteiger partial charge in [0.2, 0.25) is 0 Å². The monoisotopic (exact) mass is 259 g/mol. The van der Waals surface area contributed by atoms with Crippen LogP contribution in [0.25, 0.3) is 0 Å². The molecule has 0 spiro atoms. The van der Waals surface area contributed by atoms with Crippen LogP contribution in [0.4, 0.5) is 5.69 Å². The normalized spacial score (nSPS) is 10.2. The molecule has 92 valence electrons. The highest BCUT2D eigenvalue weighted by Crippen LogP contribution is 2.20. The van der Waals surface area contributed by atoms with Crippen LogP contribution in [-0.2, 0) is 11.5 Å². The second-order valence-electron chi connectivity index (χ2n) is 3.91. The number of nitro groups is 1.